The lowest BCUT2D eigenvalue weighted by molar-refractivity contribution is -0.134. The first-order valence-corrected chi connectivity index (χ1v) is 10.7. The van der Waals surface area contributed by atoms with Crippen molar-refractivity contribution in [1.29, 1.82) is 0 Å². The number of likely N-dealkylation sites (tertiary alicyclic amines) is 2. The van der Waals surface area contributed by atoms with Gasteiger partial charge in [-0.3, -0.25) is 9.59 Å². The monoisotopic (exact) mass is 382 g/mol. The molecule has 0 unspecified atom stereocenters. The Bertz CT molecular complexity index is 901. The van der Waals surface area contributed by atoms with Gasteiger partial charge in [-0.25, -0.2) is 4.68 Å². The van der Waals surface area contributed by atoms with Crippen molar-refractivity contribution in [2.24, 2.45) is 0 Å². The third kappa shape index (κ3) is 3.83. The van der Waals surface area contributed by atoms with Gasteiger partial charge in [-0.05, 0) is 58.2 Å². The highest BCUT2D eigenvalue weighted by molar-refractivity contribution is 5.88. The number of benzene rings is 1. The molecular formula is C22H30N4O2. The average Bonchev–Trinajstić information content (AvgIpc) is 3.23. The van der Waals surface area contributed by atoms with Gasteiger partial charge in [0.15, 0.2) is 0 Å². The fourth-order valence-electron chi connectivity index (χ4n) is 4.68. The van der Waals surface area contributed by atoms with Gasteiger partial charge in [-0.1, -0.05) is 18.2 Å². The highest BCUT2D eigenvalue weighted by Crippen LogP contribution is 2.22. The summed E-state index contributed by atoms with van der Waals surface area (Å²) in [4.78, 5) is 30.4. The van der Waals surface area contributed by atoms with Crippen LogP contribution in [0.4, 0.5) is 0 Å². The molecule has 1 aromatic carbocycles. The van der Waals surface area contributed by atoms with Gasteiger partial charge in [-0.2, -0.15) is 5.10 Å². The Labute approximate surface area is 166 Å². The van der Waals surface area contributed by atoms with Crippen LogP contribution in [-0.4, -0.2) is 57.7 Å². The minimum Gasteiger partial charge on any atom is -0.338 e. The molecule has 2 fully saturated rings. The van der Waals surface area contributed by atoms with E-state index >= 15 is 0 Å². The van der Waals surface area contributed by atoms with E-state index in [2.05, 4.69) is 14.9 Å². The Morgan fingerprint density at radius 2 is 1.79 bits per heavy atom. The van der Waals surface area contributed by atoms with Gasteiger partial charge in [0.25, 0.3) is 5.56 Å². The fraction of sp³-hybridized carbons (Fsp3) is 0.591. The van der Waals surface area contributed by atoms with Crippen LogP contribution in [0.3, 0.4) is 0 Å². The molecule has 6 nitrogen and oxygen atoms in total. The summed E-state index contributed by atoms with van der Waals surface area (Å²) in [6.45, 7) is 6.56. The van der Waals surface area contributed by atoms with Crippen LogP contribution in [0, 0.1) is 0 Å². The molecule has 1 amide bonds. The quantitative estimate of drug-likeness (QED) is 0.797. The summed E-state index contributed by atoms with van der Waals surface area (Å²) < 4.78 is 1.48. The third-order valence-corrected chi connectivity index (χ3v) is 6.18. The highest BCUT2D eigenvalue weighted by Gasteiger charge is 2.29. The lowest BCUT2D eigenvalue weighted by Crippen LogP contribution is -2.49. The standard InChI is InChI=1S/C22H30N4O2/c1-2-26-22(28)19-11-4-3-10-18(19)20(23-26)15-21(27)25-14-6-5-9-17(25)16-24-12-7-8-13-24/h3-4,10-11,17H,2,5-9,12-16H2,1H3/t17-/m1/s1. The molecular weight excluding hydrogens is 352 g/mol. The maximum Gasteiger partial charge on any atom is 0.274 e. The number of amides is 1. The summed E-state index contributed by atoms with van der Waals surface area (Å²) in [7, 11) is 0. The first-order valence-electron chi connectivity index (χ1n) is 10.7. The number of piperidine rings is 1. The smallest absolute Gasteiger partial charge is 0.274 e. The number of carbonyl (C=O) groups is 1. The molecule has 0 N–H and O–H groups in total. The Hall–Kier alpha value is -2.21. The van der Waals surface area contributed by atoms with Gasteiger partial charge in [0.2, 0.25) is 5.91 Å². The van der Waals surface area contributed by atoms with Crippen molar-refractivity contribution in [2.45, 2.75) is 58.0 Å². The van der Waals surface area contributed by atoms with Gasteiger partial charge < -0.3 is 9.80 Å². The minimum absolute atomic E-state index is 0.0841. The summed E-state index contributed by atoms with van der Waals surface area (Å²) >= 11 is 0. The maximum atomic E-state index is 13.3. The molecule has 28 heavy (non-hydrogen) atoms. The van der Waals surface area contributed by atoms with Gasteiger partial charge in [-0.15, -0.1) is 0 Å². The van der Waals surface area contributed by atoms with E-state index in [1.54, 1.807) is 0 Å². The number of carbonyl (C=O) groups excluding carboxylic acids is 1. The van der Waals surface area contributed by atoms with E-state index in [1.165, 1.54) is 23.9 Å². The van der Waals surface area contributed by atoms with Crippen LogP contribution < -0.4 is 5.56 Å². The first kappa shape index (κ1) is 19.1. The van der Waals surface area contributed by atoms with E-state index in [9.17, 15) is 9.59 Å². The molecule has 1 aromatic heterocycles. The van der Waals surface area contributed by atoms with Crippen molar-refractivity contribution in [3.63, 3.8) is 0 Å². The number of rotatable bonds is 5. The average molecular weight is 383 g/mol. The third-order valence-electron chi connectivity index (χ3n) is 6.18. The second-order valence-electron chi connectivity index (χ2n) is 8.03. The van der Waals surface area contributed by atoms with Crippen LogP contribution in [0.25, 0.3) is 10.8 Å². The molecule has 2 saturated heterocycles. The zero-order valence-electron chi connectivity index (χ0n) is 16.8. The molecule has 150 valence electrons. The van der Waals surface area contributed by atoms with Crippen LogP contribution in [0.5, 0.6) is 0 Å². The van der Waals surface area contributed by atoms with Crippen molar-refractivity contribution in [3.05, 3.63) is 40.3 Å². The number of nitrogens with zero attached hydrogens (tertiary/aromatic N) is 4. The van der Waals surface area contributed by atoms with Crippen molar-refractivity contribution in [3.8, 4) is 0 Å². The second kappa shape index (κ2) is 8.43. The largest absolute Gasteiger partial charge is 0.338 e. The maximum absolute atomic E-state index is 13.3. The van der Waals surface area contributed by atoms with E-state index in [0.717, 1.165) is 44.4 Å². The van der Waals surface area contributed by atoms with Crippen LogP contribution >= 0.6 is 0 Å². The fourth-order valence-corrected chi connectivity index (χ4v) is 4.68. The molecule has 2 aromatic rings. The van der Waals surface area contributed by atoms with E-state index in [0.29, 0.717) is 23.7 Å². The SMILES string of the molecule is CCn1nc(CC(=O)N2CCCC[C@@H]2CN2CCCC2)c2ccccc2c1=O. The molecule has 0 spiro atoms. The van der Waals surface area contributed by atoms with Gasteiger partial charge >= 0.3 is 0 Å². The van der Waals surface area contributed by atoms with Gasteiger partial charge in [0.05, 0.1) is 17.5 Å². The molecule has 0 saturated carbocycles. The second-order valence-corrected chi connectivity index (χ2v) is 8.03. The van der Waals surface area contributed by atoms with Crippen LogP contribution in [0.1, 0.15) is 44.7 Å². The lowest BCUT2D eigenvalue weighted by Gasteiger charge is -2.38. The number of hydrogen-bond acceptors (Lipinski definition) is 4. The summed E-state index contributed by atoms with van der Waals surface area (Å²) in [6, 6.07) is 7.82. The number of fused-ring (bicyclic) bond motifs is 1. The zero-order valence-corrected chi connectivity index (χ0v) is 16.8. The molecule has 0 bridgehead atoms. The summed E-state index contributed by atoms with van der Waals surface area (Å²) in [5.74, 6) is 0.142. The van der Waals surface area contributed by atoms with Crippen molar-refractivity contribution in [1.82, 2.24) is 19.6 Å². The molecule has 3 heterocycles. The topological polar surface area (TPSA) is 58.4 Å². The molecule has 4 rings (SSSR count). The van der Waals surface area contributed by atoms with Crippen molar-refractivity contribution >= 4 is 16.7 Å². The van der Waals surface area contributed by atoms with E-state index in [1.807, 2.05) is 31.2 Å². The molecule has 0 radical (unpaired) electrons. The zero-order chi connectivity index (χ0) is 19.5. The van der Waals surface area contributed by atoms with Crippen LogP contribution in [0.2, 0.25) is 0 Å². The predicted molar refractivity (Wildman–Crippen MR) is 110 cm³/mol. The molecule has 1 atom stereocenters. The summed E-state index contributed by atoms with van der Waals surface area (Å²) in [5, 5.41) is 5.98. The number of hydrogen-bond donors (Lipinski definition) is 0. The Morgan fingerprint density at radius 3 is 2.54 bits per heavy atom. The lowest BCUT2D eigenvalue weighted by atomic mass is 10.00. The van der Waals surface area contributed by atoms with E-state index in [-0.39, 0.29) is 17.9 Å². The normalized spacial score (nSPS) is 20.8. The number of aryl methyl sites for hydroxylation is 1. The van der Waals surface area contributed by atoms with Crippen molar-refractivity contribution in [2.75, 3.05) is 26.2 Å². The number of aromatic nitrogens is 2. The summed E-state index contributed by atoms with van der Waals surface area (Å²) in [6.07, 6.45) is 6.17. The van der Waals surface area contributed by atoms with Crippen molar-refractivity contribution < 1.29 is 4.79 Å². The van der Waals surface area contributed by atoms with Gasteiger partial charge in [0.1, 0.15) is 0 Å². The van der Waals surface area contributed by atoms with Crippen LogP contribution in [0.15, 0.2) is 29.1 Å². The predicted octanol–water partition coefficient (Wildman–Crippen LogP) is 2.44. The Balaban J connectivity index is 1.58. The minimum atomic E-state index is -0.0841. The summed E-state index contributed by atoms with van der Waals surface area (Å²) in [5.41, 5.74) is 0.631. The molecule has 2 aliphatic rings. The van der Waals surface area contributed by atoms with E-state index in [4.69, 9.17) is 0 Å². The highest BCUT2D eigenvalue weighted by atomic mass is 16.2. The molecule has 2 aliphatic heterocycles. The first-order chi connectivity index (χ1) is 13.7. The van der Waals surface area contributed by atoms with E-state index < -0.39 is 0 Å². The van der Waals surface area contributed by atoms with Gasteiger partial charge in [0, 0.05) is 31.1 Å². The van der Waals surface area contributed by atoms with Crippen LogP contribution in [-0.2, 0) is 17.8 Å². The Kier molecular flexibility index (Phi) is 5.76. The molecule has 6 heteroatoms. The molecule has 0 aliphatic carbocycles. The Morgan fingerprint density at radius 1 is 1.07 bits per heavy atom.